The van der Waals surface area contributed by atoms with Gasteiger partial charge in [-0.3, -0.25) is 4.79 Å². The van der Waals surface area contributed by atoms with Crippen LogP contribution in [0.5, 0.6) is 0 Å². The summed E-state index contributed by atoms with van der Waals surface area (Å²) in [5, 5.41) is 0. The fourth-order valence-corrected chi connectivity index (χ4v) is 2.45. The number of furan rings is 1. The highest BCUT2D eigenvalue weighted by Gasteiger charge is 2.39. The molecule has 0 aromatic carbocycles. The predicted molar refractivity (Wildman–Crippen MR) is 74.5 cm³/mol. The molecule has 1 atom stereocenters. The van der Waals surface area contributed by atoms with Crippen LogP contribution >= 0.6 is 0 Å². The van der Waals surface area contributed by atoms with Gasteiger partial charge in [0.05, 0.1) is 12.1 Å². The lowest BCUT2D eigenvalue weighted by atomic mass is 9.95. The van der Waals surface area contributed by atoms with Gasteiger partial charge in [-0.05, 0) is 45.2 Å². The molecule has 2 rings (SSSR count). The van der Waals surface area contributed by atoms with E-state index in [9.17, 15) is 4.79 Å². The molecule has 0 aliphatic heterocycles. The Kier molecular flexibility index (Phi) is 3.99. The number of rotatable bonds is 6. The number of amides is 1. The smallest absolute Gasteiger partial charge is 0.243 e. The third kappa shape index (κ3) is 3.38. The molecule has 0 saturated heterocycles. The summed E-state index contributed by atoms with van der Waals surface area (Å²) in [5.41, 5.74) is 5.41. The van der Waals surface area contributed by atoms with Crippen LogP contribution in [0.1, 0.15) is 51.1 Å². The molecule has 106 valence electrons. The minimum atomic E-state index is -0.765. The summed E-state index contributed by atoms with van der Waals surface area (Å²) in [6, 6.07) is 4.21. The largest absolute Gasteiger partial charge is 0.464 e. The van der Waals surface area contributed by atoms with E-state index in [1.165, 1.54) is 0 Å². The molecule has 2 N–H and O–H groups in total. The van der Waals surface area contributed by atoms with Gasteiger partial charge < -0.3 is 15.1 Å². The van der Waals surface area contributed by atoms with Crippen LogP contribution in [0.25, 0.3) is 0 Å². The Morgan fingerprint density at radius 2 is 2.21 bits per heavy atom. The predicted octanol–water partition coefficient (Wildman–Crippen LogP) is 2.60. The maximum absolute atomic E-state index is 12.6. The molecule has 1 amide bonds. The van der Waals surface area contributed by atoms with Gasteiger partial charge in [0.2, 0.25) is 5.91 Å². The minimum absolute atomic E-state index is 0.0471. The third-order valence-corrected chi connectivity index (χ3v) is 3.63. The van der Waals surface area contributed by atoms with Gasteiger partial charge in [0.15, 0.2) is 0 Å². The lowest BCUT2D eigenvalue weighted by Gasteiger charge is -2.31. The first-order valence-electron chi connectivity index (χ1n) is 7.09. The van der Waals surface area contributed by atoms with Crippen molar-refractivity contribution < 1.29 is 9.21 Å². The average molecular weight is 264 g/mol. The van der Waals surface area contributed by atoms with Gasteiger partial charge in [0, 0.05) is 6.04 Å². The molecule has 0 spiro atoms. The van der Waals surface area contributed by atoms with Gasteiger partial charge in [-0.15, -0.1) is 0 Å². The molecule has 1 unspecified atom stereocenters. The molecule has 1 heterocycles. The van der Waals surface area contributed by atoms with Gasteiger partial charge in [-0.2, -0.15) is 0 Å². The molecule has 1 aliphatic carbocycles. The normalized spacial score (nSPS) is 18.1. The lowest BCUT2D eigenvalue weighted by molar-refractivity contribution is -0.138. The Morgan fingerprint density at radius 3 is 2.68 bits per heavy atom. The Bertz CT molecular complexity index is 447. The van der Waals surface area contributed by atoms with Crippen molar-refractivity contribution in [2.75, 3.05) is 0 Å². The maximum atomic E-state index is 12.6. The number of carbonyl (C=O) groups excluding carboxylic acids is 1. The van der Waals surface area contributed by atoms with Gasteiger partial charge in [-0.1, -0.05) is 13.3 Å². The molecule has 19 heavy (non-hydrogen) atoms. The van der Waals surface area contributed by atoms with Crippen molar-refractivity contribution in [1.29, 1.82) is 0 Å². The fraction of sp³-hybridized carbons (Fsp3) is 0.667. The lowest BCUT2D eigenvalue weighted by Crippen LogP contribution is -2.53. The Morgan fingerprint density at radius 1 is 1.53 bits per heavy atom. The van der Waals surface area contributed by atoms with Crippen LogP contribution in [0.15, 0.2) is 16.5 Å². The minimum Gasteiger partial charge on any atom is -0.464 e. The summed E-state index contributed by atoms with van der Waals surface area (Å²) < 4.78 is 5.58. The second-order valence-electron chi connectivity index (χ2n) is 5.84. The van der Waals surface area contributed by atoms with E-state index in [-0.39, 0.29) is 5.91 Å². The van der Waals surface area contributed by atoms with E-state index in [0.29, 0.717) is 19.0 Å². The number of hydrogen-bond donors (Lipinski definition) is 1. The van der Waals surface area contributed by atoms with E-state index in [1.807, 2.05) is 30.9 Å². The topological polar surface area (TPSA) is 59.5 Å². The summed E-state index contributed by atoms with van der Waals surface area (Å²) >= 11 is 0. The number of hydrogen-bond acceptors (Lipinski definition) is 3. The van der Waals surface area contributed by atoms with Crippen LogP contribution in [0.4, 0.5) is 0 Å². The summed E-state index contributed by atoms with van der Waals surface area (Å²) in [4.78, 5) is 14.5. The fourth-order valence-electron chi connectivity index (χ4n) is 2.45. The second kappa shape index (κ2) is 5.37. The highest BCUT2D eigenvalue weighted by atomic mass is 16.3. The summed E-state index contributed by atoms with van der Waals surface area (Å²) in [6.07, 6.45) is 3.78. The standard InChI is InChI=1S/C15H24N2O2/c1-4-9-15(3,16)14(18)17(12-6-7-12)10-13-8-5-11(2)19-13/h5,8,12H,4,6-7,9-10,16H2,1-3H3. The van der Waals surface area contributed by atoms with Gasteiger partial charge >= 0.3 is 0 Å². The number of aryl methyl sites for hydroxylation is 1. The molecule has 1 saturated carbocycles. The number of carbonyl (C=O) groups is 1. The SMILES string of the molecule is CCCC(C)(N)C(=O)N(Cc1ccc(C)o1)C1CC1. The highest BCUT2D eigenvalue weighted by molar-refractivity contribution is 5.86. The zero-order chi connectivity index (χ0) is 14.0. The van der Waals surface area contributed by atoms with Crippen LogP contribution in [-0.2, 0) is 11.3 Å². The van der Waals surface area contributed by atoms with Crippen molar-refractivity contribution in [3.05, 3.63) is 23.7 Å². The highest BCUT2D eigenvalue weighted by Crippen LogP contribution is 2.31. The molecule has 1 fully saturated rings. The van der Waals surface area contributed by atoms with Crippen molar-refractivity contribution >= 4 is 5.91 Å². The second-order valence-corrected chi connectivity index (χ2v) is 5.84. The summed E-state index contributed by atoms with van der Waals surface area (Å²) in [5.74, 6) is 1.76. The Balaban J connectivity index is 2.09. The monoisotopic (exact) mass is 264 g/mol. The van der Waals surface area contributed by atoms with Crippen LogP contribution in [-0.4, -0.2) is 22.4 Å². The molecular formula is C15H24N2O2. The average Bonchev–Trinajstić information content (AvgIpc) is 3.09. The quantitative estimate of drug-likeness (QED) is 0.859. The van der Waals surface area contributed by atoms with E-state index >= 15 is 0 Å². The van der Waals surface area contributed by atoms with Crippen LogP contribution in [0, 0.1) is 6.92 Å². The summed E-state index contributed by atoms with van der Waals surface area (Å²) in [7, 11) is 0. The van der Waals surface area contributed by atoms with Crippen molar-refractivity contribution in [3.8, 4) is 0 Å². The van der Waals surface area contributed by atoms with E-state index in [2.05, 4.69) is 6.92 Å². The number of nitrogens with zero attached hydrogens (tertiary/aromatic N) is 1. The molecule has 4 nitrogen and oxygen atoms in total. The van der Waals surface area contributed by atoms with Gasteiger partial charge in [-0.25, -0.2) is 0 Å². The van der Waals surface area contributed by atoms with Gasteiger partial charge in [0.1, 0.15) is 11.5 Å². The molecule has 1 aromatic heterocycles. The van der Waals surface area contributed by atoms with E-state index in [0.717, 1.165) is 30.8 Å². The van der Waals surface area contributed by atoms with Crippen molar-refractivity contribution in [2.45, 2.75) is 64.6 Å². The third-order valence-electron chi connectivity index (χ3n) is 3.63. The maximum Gasteiger partial charge on any atom is 0.243 e. The first kappa shape index (κ1) is 14.1. The van der Waals surface area contributed by atoms with E-state index in [1.54, 1.807) is 0 Å². The van der Waals surface area contributed by atoms with Gasteiger partial charge in [0.25, 0.3) is 0 Å². The van der Waals surface area contributed by atoms with Crippen molar-refractivity contribution in [2.24, 2.45) is 5.73 Å². The molecule has 4 heteroatoms. The Labute approximate surface area is 114 Å². The molecule has 0 bridgehead atoms. The van der Waals surface area contributed by atoms with Crippen LogP contribution < -0.4 is 5.73 Å². The Hall–Kier alpha value is -1.29. The molecule has 1 aromatic rings. The first-order chi connectivity index (χ1) is 8.94. The zero-order valence-electron chi connectivity index (χ0n) is 12.1. The van der Waals surface area contributed by atoms with Crippen LogP contribution in [0.3, 0.4) is 0 Å². The van der Waals surface area contributed by atoms with E-state index in [4.69, 9.17) is 10.2 Å². The molecule has 1 aliphatic rings. The van der Waals surface area contributed by atoms with E-state index < -0.39 is 5.54 Å². The summed E-state index contributed by atoms with van der Waals surface area (Å²) in [6.45, 7) is 6.34. The zero-order valence-corrected chi connectivity index (χ0v) is 12.1. The van der Waals surface area contributed by atoms with Crippen LogP contribution in [0.2, 0.25) is 0 Å². The molecule has 0 radical (unpaired) electrons. The van der Waals surface area contributed by atoms with Crippen molar-refractivity contribution in [3.63, 3.8) is 0 Å². The van der Waals surface area contributed by atoms with Crippen molar-refractivity contribution in [1.82, 2.24) is 4.90 Å². The molecular weight excluding hydrogens is 240 g/mol. The number of nitrogens with two attached hydrogens (primary N) is 1. The first-order valence-corrected chi connectivity index (χ1v) is 7.09.